The van der Waals surface area contributed by atoms with Gasteiger partial charge in [-0.3, -0.25) is 4.79 Å². The molecule has 0 aliphatic rings. The molecule has 0 unspecified atom stereocenters. The summed E-state index contributed by atoms with van der Waals surface area (Å²) in [7, 11) is 0. The van der Waals surface area contributed by atoms with Crippen molar-refractivity contribution in [1.29, 1.82) is 0 Å². The van der Waals surface area contributed by atoms with Gasteiger partial charge in [-0.25, -0.2) is 0 Å². The van der Waals surface area contributed by atoms with E-state index in [0.29, 0.717) is 0 Å². The average molecular weight is 140 g/mol. The highest BCUT2D eigenvalue weighted by Gasteiger charge is 2.08. The van der Waals surface area contributed by atoms with Gasteiger partial charge in [-0.1, -0.05) is 19.6 Å². The number of carboxylic acid groups (broad SMARTS) is 1. The summed E-state index contributed by atoms with van der Waals surface area (Å²) in [5, 5.41) is 8.55. The molecule has 3 nitrogen and oxygen atoms in total. The van der Waals surface area contributed by atoms with Crippen LogP contribution < -0.4 is 5.73 Å². The molecule has 0 radical (unpaired) electrons. The third-order valence-electron chi connectivity index (χ3n) is 0.556. The molecule has 1 atom stereocenters. The van der Waals surface area contributed by atoms with Gasteiger partial charge in [0, 0.05) is 12.3 Å². The Bertz CT molecular complexity index is 336. The maximum atomic E-state index is 10.6. The zero-order valence-corrected chi connectivity index (χ0v) is 4.51. The number of hydrogen-bond acceptors (Lipinski definition) is 2. The van der Waals surface area contributed by atoms with Crippen molar-refractivity contribution in [3.05, 3.63) is 0 Å². The molecule has 0 amide bonds. The first-order valence-electron chi connectivity index (χ1n) is 6.59. The van der Waals surface area contributed by atoms with E-state index in [9.17, 15) is 4.79 Å². The lowest BCUT2D eigenvalue weighted by Gasteiger charge is -2.02. The molecule has 0 saturated carbocycles. The Kier molecular flexibility index (Phi) is 0.828. The molecule has 0 bridgehead atoms. The quantitative estimate of drug-likeness (QED) is 0.600. The van der Waals surface area contributed by atoms with Crippen molar-refractivity contribution in [3.63, 3.8) is 0 Å². The number of aliphatic carboxylic acids is 1. The van der Waals surface area contributed by atoms with Gasteiger partial charge in [-0.2, -0.15) is 0 Å². The van der Waals surface area contributed by atoms with E-state index in [2.05, 4.69) is 0 Å². The van der Waals surface area contributed by atoms with Crippen LogP contribution in [-0.4, -0.2) is 17.1 Å². The second kappa shape index (κ2) is 4.32. The predicted octanol–water partition coefficient (Wildman–Crippen LogP) is 0.588. The number of carboxylic acids is 1. The van der Waals surface area contributed by atoms with Gasteiger partial charge in [-0.05, 0) is 6.37 Å². The Morgan fingerprint density at radius 1 is 2.11 bits per heavy atom. The summed E-state index contributed by atoms with van der Waals surface area (Å²) in [5.41, 5.74) is 4.96. The van der Waals surface area contributed by atoms with Gasteiger partial charge in [0.1, 0.15) is 6.04 Å². The first-order chi connectivity index (χ1) is 7.60. The Labute approximate surface area is 67.5 Å². The van der Waals surface area contributed by atoms with Gasteiger partial charge in [0.25, 0.3) is 0 Å². The van der Waals surface area contributed by atoms with Gasteiger partial charge in [0.05, 0.1) is 0 Å². The van der Waals surface area contributed by atoms with Crippen LogP contribution >= 0.6 is 0 Å². The Balaban J connectivity index is 5.71. The number of hydrogen-bond donors (Lipinski definition) is 2. The third-order valence-corrected chi connectivity index (χ3v) is 0.556. The van der Waals surface area contributed by atoms with E-state index in [1.54, 1.807) is 0 Å². The van der Waals surface area contributed by atoms with E-state index in [1.807, 2.05) is 0 Å². The summed E-state index contributed by atoms with van der Waals surface area (Å²) in [6.45, 7) is -3.47. The van der Waals surface area contributed by atoms with Gasteiger partial charge in [0.15, 0.2) is 0 Å². The van der Waals surface area contributed by atoms with Crippen LogP contribution in [0.3, 0.4) is 0 Å². The lowest BCUT2D eigenvalue weighted by molar-refractivity contribution is -0.138. The number of nitrogens with two attached hydrogens (primary N) is 1. The normalized spacial score (nSPS) is 34.1. The highest BCUT2D eigenvalue weighted by molar-refractivity contribution is 5.72. The molecule has 3 heteroatoms. The lowest BCUT2D eigenvalue weighted by Crippen LogP contribution is -2.29. The molecular weight excluding hydrogens is 118 g/mol. The monoisotopic (exact) mass is 140 g/mol. The maximum Gasteiger partial charge on any atom is 0.320 e. The van der Waals surface area contributed by atoms with Crippen LogP contribution in [0.25, 0.3) is 0 Å². The molecule has 0 aliphatic carbocycles. The second-order valence-electron chi connectivity index (χ2n) is 1.21. The van der Waals surface area contributed by atoms with Crippen molar-refractivity contribution in [2.75, 3.05) is 0 Å². The van der Waals surface area contributed by atoms with Crippen LogP contribution in [-0.2, 0) is 4.79 Å². The molecule has 3 N–H and O–H groups in total. The molecule has 0 heterocycles. The van der Waals surface area contributed by atoms with E-state index in [0.717, 1.165) is 0 Å². The van der Waals surface area contributed by atoms with Gasteiger partial charge in [-0.15, -0.1) is 0 Å². The van der Waals surface area contributed by atoms with Crippen LogP contribution in [0.15, 0.2) is 0 Å². The largest absolute Gasteiger partial charge is 0.480 e. The van der Waals surface area contributed by atoms with E-state index in [1.165, 1.54) is 0 Å². The first kappa shape index (κ1) is 1.72. The maximum absolute atomic E-state index is 10.6. The van der Waals surface area contributed by atoms with Crippen molar-refractivity contribution in [3.8, 4) is 0 Å². The van der Waals surface area contributed by atoms with E-state index in [4.69, 9.17) is 23.2 Å². The lowest BCUT2D eigenvalue weighted by atomic mass is 10.1. The molecule has 9 heavy (non-hydrogen) atoms. The molecule has 0 aromatic heterocycles. The van der Waals surface area contributed by atoms with Crippen LogP contribution in [0.2, 0.25) is 0 Å². The molecule has 0 spiro atoms. The topological polar surface area (TPSA) is 63.3 Å². The molecule has 0 aromatic rings. The third kappa shape index (κ3) is 3.97. The van der Waals surface area contributed by atoms with Crippen LogP contribution in [0.4, 0.5) is 0 Å². The first-order valence-corrected chi connectivity index (χ1v) is 2.09. The minimum atomic E-state index is -3.62. The summed E-state index contributed by atoms with van der Waals surface area (Å²) in [5.74, 6) is -1.90. The molecule has 0 rings (SSSR count). The van der Waals surface area contributed by atoms with Gasteiger partial charge in [0.2, 0.25) is 0 Å². The molecule has 0 aromatic carbocycles. The van der Waals surface area contributed by atoms with Crippen LogP contribution in [0.5, 0.6) is 0 Å². The zero-order valence-electron chi connectivity index (χ0n) is 13.5. The molecule has 0 saturated heterocycles. The number of carbonyl (C=O) groups is 1. The average Bonchev–Trinajstić information content (AvgIpc) is 2.13. The Morgan fingerprint density at radius 2 is 2.78 bits per heavy atom. The molecule has 54 valence electrons. The fourth-order valence-electron chi connectivity index (χ4n) is 0.176. The highest BCUT2D eigenvalue weighted by Crippen LogP contribution is 1.96. The SMILES string of the molecule is [2H]C([2H])([2H])C([2H])([2H])C([2H])([2H])C([2H])([2H])[C@@H](N)C(=O)O. The number of rotatable bonds is 4. The standard InChI is InChI=1S/C6H13NO2/c1-2-3-4-5(7)6(8)9/h5H,2-4,7H2,1H3,(H,8,9)/t5-/m1/s1/i1D3,2D2,3D2,4D2. The van der Waals surface area contributed by atoms with E-state index in [-0.39, 0.29) is 0 Å². The Morgan fingerprint density at radius 3 is 3.22 bits per heavy atom. The summed E-state index contributed by atoms with van der Waals surface area (Å²) in [6.07, 6.45) is -10.6. The summed E-state index contributed by atoms with van der Waals surface area (Å²) in [6, 6.07) is -2.40. The molecular formula is C6H13NO2. The fraction of sp³-hybridized carbons (Fsp3) is 0.833. The molecule has 0 fully saturated rings. The summed E-state index contributed by atoms with van der Waals surface area (Å²) >= 11 is 0. The smallest absolute Gasteiger partial charge is 0.320 e. The predicted molar refractivity (Wildman–Crippen MR) is 35.1 cm³/mol. The van der Waals surface area contributed by atoms with Gasteiger partial charge >= 0.3 is 5.97 Å². The van der Waals surface area contributed by atoms with Crippen LogP contribution in [0, 0.1) is 0 Å². The minimum absolute atomic E-state index is 1.90. The summed E-state index contributed by atoms with van der Waals surface area (Å²) in [4.78, 5) is 10.6. The highest BCUT2D eigenvalue weighted by atomic mass is 16.4. The van der Waals surface area contributed by atoms with Crippen molar-refractivity contribution < 1.29 is 22.2 Å². The summed E-state index contributed by atoms with van der Waals surface area (Å²) < 4.78 is 64.3. The fourth-order valence-corrected chi connectivity index (χ4v) is 0.176. The zero-order chi connectivity index (χ0) is 15.2. The van der Waals surface area contributed by atoms with Crippen molar-refractivity contribution in [1.82, 2.24) is 0 Å². The van der Waals surface area contributed by atoms with Crippen molar-refractivity contribution in [2.45, 2.75) is 32.0 Å². The van der Waals surface area contributed by atoms with E-state index < -0.39 is 38.0 Å². The molecule has 0 aliphatic heterocycles. The van der Waals surface area contributed by atoms with E-state index >= 15 is 0 Å². The van der Waals surface area contributed by atoms with Gasteiger partial charge < -0.3 is 10.8 Å². The second-order valence-corrected chi connectivity index (χ2v) is 1.21. The minimum Gasteiger partial charge on any atom is -0.480 e. The van der Waals surface area contributed by atoms with Crippen molar-refractivity contribution in [2.24, 2.45) is 5.73 Å². The Hall–Kier alpha value is -0.570. The van der Waals surface area contributed by atoms with Crippen LogP contribution in [0.1, 0.15) is 38.3 Å². The van der Waals surface area contributed by atoms with Crippen molar-refractivity contribution >= 4 is 5.97 Å².